The van der Waals surface area contributed by atoms with E-state index in [0.717, 1.165) is 23.7 Å². The summed E-state index contributed by atoms with van der Waals surface area (Å²) in [6, 6.07) is 11.7. The molecule has 0 atom stereocenters. The van der Waals surface area contributed by atoms with Gasteiger partial charge >= 0.3 is 7.12 Å². The maximum absolute atomic E-state index is 9.14. The highest BCUT2D eigenvalue weighted by Gasteiger charge is 2.10. The first kappa shape index (κ1) is 15.7. The van der Waals surface area contributed by atoms with Crippen molar-refractivity contribution in [2.75, 3.05) is 13.6 Å². The monoisotopic (exact) mass is 259 g/mol. The van der Waals surface area contributed by atoms with Crippen molar-refractivity contribution in [2.24, 2.45) is 0 Å². The molecule has 3 N–H and O–H groups in total. The summed E-state index contributed by atoms with van der Waals surface area (Å²) in [6.45, 7) is 4.94. The van der Waals surface area contributed by atoms with E-state index in [9.17, 15) is 0 Å². The smallest absolute Gasteiger partial charge is 0.423 e. The fraction of sp³-hybridized carbons (Fsp3) is 0.333. The van der Waals surface area contributed by atoms with E-state index in [-0.39, 0.29) is 0 Å². The van der Waals surface area contributed by atoms with Crippen LogP contribution in [-0.2, 0) is 6.42 Å². The molecule has 0 heterocycles. The number of benzene rings is 2. The molecule has 0 saturated carbocycles. The fourth-order valence-corrected chi connectivity index (χ4v) is 1.90. The van der Waals surface area contributed by atoms with Gasteiger partial charge in [-0.05, 0) is 41.8 Å². The summed E-state index contributed by atoms with van der Waals surface area (Å²) >= 11 is 0. The van der Waals surface area contributed by atoms with Gasteiger partial charge in [-0.1, -0.05) is 50.2 Å². The quantitative estimate of drug-likeness (QED) is 0.725. The van der Waals surface area contributed by atoms with Crippen LogP contribution in [0.3, 0.4) is 0 Å². The lowest BCUT2D eigenvalue weighted by Crippen LogP contribution is -2.29. The van der Waals surface area contributed by atoms with Crippen LogP contribution in [0.1, 0.15) is 19.4 Å². The van der Waals surface area contributed by atoms with E-state index < -0.39 is 7.12 Å². The molecule has 0 aromatic heterocycles. The van der Waals surface area contributed by atoms with Crippen LogP contribution in [0.4, 0.5) is 0 Å². The van der Waals surface area contributed by atoms with Gasteiger partial charge in [0.15, 0.2) is 0 Å². The molecule has 102 valence electrons. The first-order valence-electron chi connectivity index (χ1n) is 6.74. The van der Waals surface area contributed by atoms with Gasteiger partial charge < -0.3 is 15.4 Å². The Bertz CT molecular complexity index is 514. The summed E-state index contributed by atoms with van der Waals surface area (Å²) < 4.78 is 0. The van der Waals surface area contributed by atoms with Crippen molar-refractivity contribution in [2.45, 2.75) is 20.3 Å². The molecule has 0 amide bonds. The van der Waals surface area contributed by atoms with Crippen LogP contribution in [0.5, 0.6) is 0 Å². The molecule has 0 bridgehead atoms. The normalized spacial score (nSPS) is 9.95. The van der Waals surface area contributed by atoms with Crippen molar-refractivity contribution in [1.82, 2.24) is 5.32 Å². The zero-order chi connectivity index (χ0) is 14.3. The van der Waals surface area contributed by atoms with Gasteiger partial charge in [0.05, 0.1) is 0 Å². The van der Waals surface area contributed by atoms with E-state index in [1.807, 2.05) is 33.0 Å². The van der Waals surface area contributed by atoms with Crippen molar-refractivity contribution < 1.29 is 10.0 Å². The van der Waals surface area contributed by atoms with E-state index in [1.54, 1.807) is 6.07 Å². The SMILES string of the molecule is CC.CNCCc1ccc2ccc(B(O)O)cc2c1. The summed E-state index contributed by atoms with van der Waals surface area (Å²) in [5.41, 5.74) is 1.78. The zero-order valence-electron chi connectivity index (χ0n) is 11.9. The average Bonchev–Trinajstić information content (AvgIpc) is 2.46. The summed E-state index contributed by atoms with van der Waals surface area (Å²) in [6.07, 6.45) is 0.971. The lowest BCUT2D eigenvalue weighted by atomic mass is 9.79. The van der Waals surface area contributed by atoms with Crippen molar-refractivity contribution in [3.05, 3.63) is 42.0 Å². The Morgan fingerprint density at radius 3 is 2.32 bits per heavy atom. The van der Waals surface area contributed by atoms with Crippen LogP contribution in [0.2, 0.25) is 0 Å². The zero-order valence-corrected chi connectivity index (χ0v) is 11.9. The molecule has 0 spiro atoms. The second-order valence-corrected chi connectivity index (χ2v) is 4.17. The molecule has 0 fully saturated rings. The molecular formula is C15H22BNO2. The molecule has 0 saturated heterocycles. The number of hydrogen-bond acceptors (Lipinski definition) is 3. The predicted molar refractivity (Wildman–Crippen MR) is 82.8 cm³/mol. The maximum atomic E-state index is 9.14. The Balaban J connectivity index is 0.000000861. The van der Waals surface area contributed by atoms with Gasteiger partial charge in [0.1, 0.15) is 0 Å². The maximum Gasteiger partial charge on any atom is 0.488 e. The molecule has 0 radical (unpaired) electrons. The Hall–Kier alpha value is -1.36. The van der Waals surface area contributed by atoms with Crippen molar-refractivity contribution in [3.63, 3.8) is 0 Å². The third-order valence-corrected chi connectivity index (χ3v) is 2.89. The number of rotatable bonds is 4. The molecule has 0 aliphatic rings. The lowest BCUT2D eigenvalue weighted by molar-refractivity contribution is 0.426. The van der Waals surface area contributed by atoms with Crippen LogP contribution >= 0.6 is 0 Å². The Morgan fingerprint density at radius 2 is 1.68 bits per heavy atom. The third-order valence-electron chi connectivity index (χ3n) is 2.89. The molecule has 0 aliphatic carbocycles. The molecule has 19 heavy (non-hydrogen) atoms. The largest absolute Gasteiger partial charge is 0.488 e. The van der Waals surface area contributed by atoms with Gasteiger partial charge in [0, 0.05) is 0 Å². The van der Waals surface area contributed by atoms with Gasteiger partial charge in [-0.2, -0.15) is 0 Å². The minimum atomic E-state index is -1.40. The van der Waals surface area contributed by atoms with Gasteiger partial charge in [-0.15, -0.1) is 0 Å². The molecule has 0 aliphatic heterocycles. The molecule has 2 aromatic carbocycles. The molecular weight excluding hydrogens is 237 g/mol. The first-order chi connectivity index (χ1) is 9.20. The van der Waals surface area contributed by atoms with Crippen LogP contribution in [-0.4, -0.2) is 30.8 Å². The topological polar surface area (TPSA) is 52.5 Å². The van der Waals surface area contributed by atoms with E-state index in [2.05, 4.69) is 23.5 Å². The van der Waals surface area contributed by atoms with E-state index in [1.165, 1.54) is 5.56 Å². The Kier molecular flexibility index (Phi) is 6.57. The van der Waals surface area contributed by atoms with Gasteiger partial charge in [-0.3, -0.25) is 0 Å². The van der Waals surface area contributed by atoms with Crippen molar-refractivity contribution >= 4 is 23.4 Å². The molecule has 0 unspecified atom stereocenters. The summed E-state index contributed by atoms with van der Waals surface area (Å²) in [5, 5.41) is 23.6. The minimum absolute atomic E-state index is 0.531. The standard InChI is InChI=1S/C13H16BNO2.C2H6/c1-15-7-6-10-2-3-11-4-5-13(14(16)17)9-12(11)8-10;1-2/h2-5,8-9,15-17H,6-7H2,1H3;1-2H3. The Morgan fingerprint density at radius 1 is 1.00 bits per heavy atom. The molecule has 2 aromatic rings. The minimum Gasteiger partial charge on any atom is -0.423 e. The van der Waals surface area contributed by atoms with Crippen LogP contribution < -0.4 is 10.8 Å². The predicted octanol–water partition coefficient (Wildman–Crippen LogP) is 1.31. The van der Waals surface area contributed by atoms with E-state index in [0.29, 0.717) is 5.46 Å². The second-order valence-electron chi connectivity index (χ2n) is 4.17. The summed E-state index contributed by atoms with van der Waals surface area (Å²) in [5.74, 6) is 0. The number of likely N-dealkylation sites (N-methyl/N-ethyl adjacent to an activating group) is 1. The summed E-state index contributed by atoms with van der Waals surface area (Å²) in [7, 11) is 0.529. The average molecular weight is 259 g/mol. The van der Waals surface area contributed by atoms with Crippen molar-refractivity contribution in [3.8, 4) is 0 Å². The third kappa shape index (κ3) is 4.35. The van der Waals surface area contributed by atoms with Gasteiger partial charge in [0.2, 0.25) is 0 Å². The van der Waals surface area contributed by atoms with Crippen LogP contribution in [0, 0.1) is 0 Å². The number of hydrogen-bond donors (Lipinski definition) is 3. The molecule has 3 nitrogen and oxygen atoms in total. The highest BCUT2D eigenvalue weighted by atomic mass is 16.4. The summed E-state index contributed by atoms with van der Waals surface area (Å²) in [4.78, 5) is 0. The number of fused-ring (bicyclic) bond motifs is 1. The van der Waals surface area contributed by atoms with Crippen LogP contribution in [0.15, 0.2) is 36.4 Å². The fourth-order valence-electron chi connectivity index (χ4n) is 1.90. The highest BCUT2D eigenvalue weighted by Crippen LogP contribution is 2.15. The first-order valence-corrected chi connectivity index (χ1v) is 6.74. The Labute approximate surface area is 115 Å². The highest BCUT2D eigenvalue weighted by molar-refractivity contribution is 6.58. The second kappa shape index (κ2) is 7.94. The lowest BCUT2D eigenvalue weighted by Gasteiger charge is -2.06. The van der Waals surface area contributed by atoms with Crippen molar-refractivity contribution in [1.29, 1.82) is 0 Å². The molecule has 2 rings (SSSR count). The van der Waals surface area contributed by atoms with Gasteiger partial charge in [-0.25, -0.2) is 0 Å². The van der Waals surface area contributed by atoms with Crippen LogP contribution in [0.25, 0.3) is 10.8 Å². The van der Waals surface area contributed by atoms with Gasteiger partial charge in [0.25, 0.3) is 0 Å². The molecule has 4 heteroatoms. The number of nitrogens with one attached hydrogen (secondary N) is 1. The van der Waals surface area contributed by atoms with E-state index in [4.69, 9.17) is 10.0 Å². The van der Waals surface area contributed by atoms with E-state index >= 15 is 0 Å².